The summed E-state index contributed by atoms with van der Waals surface area (Å²) in [5, 5.41) is 5.78. The number of nitrogens with zero attached hydrogens (tertiary/aromatic N) is 1. The Labute approximate surface area is 172 Å². The summed E-state index contributed by atoms with van der Waals surface area (Å²) < 4.78 is 5.42. The van der Waals surface area contributed by atoms with Crippen molar-refractivity contribution >= 4 is 23.2 Å². The summed E-state index contributed by atoms with van der Waals surface area (Å²) >= 11 is 0. The van der Waals surface area contributed by atoms with E-state index in [1.165, 1.54) is 6.42 Å². The van der Waals surface area contributed by atoms with Crippen LogP contribution in [0.4, 0.5) is 11.4 Å². The zero-order chi connectivity index (χ0) is 20.6. The van der Waals surface area contributed by atoms with E-state index in [-0.39, 0.29) is 11.8 Å². The number of likely N-dealkylation sites (tertiary alicyclic amines) is 1. The van der Waals surface area contributed by atoms with E-state index < -0.39 is 0 Å². The molecule has 1 fully saturated rings. The van der Waals surface area contributed by atoms with Gasteiger partial charge < -0.3 is 15.4 Å². The largest absolute Gasteiger partial charge is 0.494 e. The molecule has 1 aliphatic rings. The topological polar surface area (TPSA) is 70.7 Å². The summed E-state index contributed by atoms with van der Waals surface area (Å²) in [6.07, 6.45) is 2.34. The number of hydrogen-bond acceptors (Lipinski definition) is 4. The Hall–Kier alpha value is -2.86. The molecule has 0 saturated carbocycles. The lowest BCUT2D eigenvalue weighted by molar-refractivity contribution is -0.117. The Balaban J connectivity index is 1.63. The van der Waals surface area contributed by atoms with Crippen LogP contribution in [0.2, 0.25) is 0 Å². The molecule has 154 valence electrons. The fourth-order valence-corrected chi connectivity index (χ4v) is 3.61. The van der Waals surface area contributed by atoms with E-state index in [0.717, 1.165) is 25.3 Å². The fourth-order valence-electron chi connectivity index (χ4n) is 3.61. The molecule has 1 saturated heterocycles. The van der Waals surface area contributed by atoms with Gasteiger partial charge in [0.25, 0.3) is 5.91 Å². The molecule has 0 bridgehead atoms. The van der Waals surface area contributed by atoms with Crippen LogP contribution in [0.3, 0.4) is 0 Å². The summed E-state index contributed by atoms with van der Waals surface area (Å²) in [6, 6.07) is 14.3. The number of benzene rings is 2. The van der Waals surface area contributed by atoms with Crippen LogP contribution < -0.4 is 15.4 Å². The van der Waals surface area contributed by atoms with E-state index in [1.807, 2.05) is 25.1 Å². The van der Waals surface area contributed by atoms with Crippen molar-refractivity contribution in [2.45, 2.75) is 26.7 Å². The van der Waals surface area contributed by atoms with Gasteiger partial charge in [0.2, 0.25) is 5.91 Å². The molecule has 6 heteroatoms. The molecule has 1 unspecified atom stereocenters. The van der Waals surface area contributed by atoms with E-state index in [2.05, 4.69) is 22.5 Å². The number of anilines is 2. The Morgan fingerprint density at radius 3 is 2.59 bits per heavy atom. The first-order chi connectivity index (χ1) is 14.0. The molecule has 0 spiro atoms. The highest BCUT2D eigenvalue weighted by molar-refractivity contribution is 6.10. The van der Waals surface area contributed by atoms with Gasteiger partial charge in [0, 0.05) is 12.2 Å². The van der Waals surface area contributed by atoms with Crippen molar-refractivity contribution in [3.05, 3.63) is 54.1 Å². The van der Waals surface area contributed by atoms with Crippen LogP contribution in [-0.4, -0.2) is 43.0 Å². The number of para-hydroxylation sites is 1. The molecule has 2 aromatic carbocycles. The minimum absolute atomic E-state index is 0.0968. The average Bonchev–Trinajstić information content (AvgIpc) is 2.70. The molecule has 1 aliphatic heterocycles. The van der Waals surface area contributed by atoms with Crippen molar-refractivity contribution in [2.75, 3.05) is 36.9 Å². The van der Waals surface area contributed by atoms with Crippen molar-refractivity contribution in [3.8, 4) is 5.75 Å². The summed E-state index contributed by atoms with van der Waals surface area (Å²) in [6.45, 7) is 6.95. The van der Waals surface area contributed by atoms with Gasteiger partial charge in [-0.2, -0.15) is 0 Å². The first kappa shape index (κ1) is 20.9. The van der Waals surface area contributed by atoms with E-state index in [1.54, 1.807) is 30.3 Å². The van der Waals surface area contributed by atoms with Crippen molar-refractivity contribution < 1.29 is 14.3 Å². The maximum atomic E-state index is 12.8. The van der Waals surface area contributed by atoms with E-state index in [9.17, 15) is 9.59 Å². The molecule has 0 aromatic heterocycles. The molecule has 2 N–H and O–H groups in total. The fraction of sp³-hybridized carbons (Fsp3) is 0.391. The van der Waals surface area contributed by atoms with Gasteiger partial charge in [-0.05, 0) is 68.6 Å². The van der Waals surface area contributed by atoms with Crippen molar-refractivity contribution in [1.29, 1.82) is 0 Å². The molecule has 2 amide bonds. The number of nitrogens with one attached hydrogen (secondary N) is 2. The second kappa shape index (κ2) is 10.1. The smallest absolute Gasteiger partial charge is 0.257 e. The third-order valence-corrected chi connectivity index (χ3v) is 4.98. The lowest BCUT2D eigenvalue weighted by atomic mass is 10.0. The van der Waals surface area contributed by atoms with Crippen molar-refractivity contribution in [3.63, 3.8) is 0 Å². The molecular formula is C23H29N3O3. The predicted octanol–water partition coefficient (Wildman–Crippen LogP) is 4.01. The minimum Gasteiger partial charge on any atom is -0.494 e. The molecular weight excluding hydrogens is 366 g/mol. The molecule has 29 heavy (non-hydrogen) atoms. The summed E-state index contributed by atoms with van der Waals surface area (Å²) in [5.74, 6) is 1.01. The number of ether oxygens (including phenoxy) is 1. The maximum absolute atomic E-state index is 12.8. The zero-order valence-electron chi connectivity index (χ0n) is 17.1. The quantitative estimate of drug-likeness (QED) is 0.743. The first-order valence-electron chi connectivity index (χ1n) is 10.2. The first-order valence-corrected chi connectivity index (χ1v) is 10.2. The van der Waals surface area contributed by atoms with Crippen LogP contribution in [0, 0.1) is 5.92 Å². The van der Waals surface area contributed by atoms with Crippen LogP contribution in [0.5, 0.6) is 5.75 Å². The van der Waals surface area contributed by atoms with Gasteiger partial charge in [0.15, 0.2) is 0 Å². The summed E-state index contributed by atoms with van der Waals surface area (Å²) in [5.41, 5.74) is 1.62. The number of carbonyl (C=O) groups is 2. The summed E-state index contributed by atoms with van der Waals surface area (Å²) in [4.78, 5) is 27.4. The van der Waals surface area contributed by atoms with E-state index >= 15 is 0 Å². The SMILES string of the molecule is CCOc1ccc(NC(=O)c2ccccc2NC(=O)CN2CCCC(C)C2)cc1. The monoisotopic (exact) mass is 395 g/mol. The molecule has 1 heterocycles. The van der Waals surface area contributed by atoms with Crippen LogP contribution in [0.15, 0.2) is 48.5 Å². The van der Waals surface area contributed by atoms with Crippen molar-refractivity contribution in [2.24, 2.45) is 5.92 Å². The lowest BCUT2D eigenvalue weighted by Gasteiger charge is -2.30. The number of carbonyl (C=O) groups excluding carboxylic acids is 2. The van der Waals surface area contributed by atoms with Gasteiger partial charge in [-0.15, -0.1) is 0 Å². The standard InChI is InChI=1S/C23H29N3O3/c1-3-29-19-12-10-18(11-13-19)24-23(28)20-8-4-5-9-21(20)25-22(27)16-26-14-6-7-17(2)15-26/h4-5,8-13,17H,3,6-7,14-16H2,1-2H3,(H,24,28)(H,25,27). The Morgan fingerprint density at radius 2 is 1.86 bits per heavy atom. The third-order valence-electron chi connectivity index (χ3n) is 4.98. The van der Waals surface area contributed by atoms with Crippen LogP contribution in [0.25, 0.3) is 0 Å². The van der Waals surface area contributed by atoms with Crippen molar-refractivity contribution in [1.82, 2.24) is 4.90 Å². The lowest BCUT2D eigenvalue weighted by Crippen LogP contribution is -2.39. The Bertz CT molecular complexity index is 836. The van der Waals surface area contributed by atoms with Gasteiger partial charge in [-0.25, -0.2) is 0 Å². The van der Waals surface area contributed by atoms with E-state index in [4.69, 9.17) is 4.74 Å². The van der Waals surface area contributed by atoms with Crippen LogP contribution in [-0.2, 0) is 4.79 Å². The number of piperidine rings is 1. The Morgan fingerprint density at radius 1 is 1.10 bits per heavy atom. The third kappa shape index (κ3) is 6.06. The second-order valence-electron chi connectivity index (χ2n) is 7.49. The van der Waals surface area contributed by atoms with Gasteiger partial charge in [-0.3, -0.25) is 14.5 Å². The zero-order valence-corrected chi connectivity index (χ0v) is 17.1. The highest BCUT2D eigenvalue weighted by atomic mass is 16.5. The normalized spacial score (nSPS) is 16.8. The molecule has 6 nitrogen and oxygen atoms in total. The number of amides is 2. The van der Waals surface area contributed by atoms with Crippen LogP contribution >= 0.6 is 0 Å². The molecule has 0 radical (unpaired) electrons. The van der Waals surface area contributed by atoms with Crippen LogP contribution in [0.1, 0.15) is 37.0 Å². The van der Waals surface area contributed by atoms with E-state index in [0.29, 0.717) is 36.0 Å². The van der Waals surface area contributed by atoms with Gasteiger partial charge >= 0.3 is 0 Å². The minimum atomic E-state index is -0.267. The highest BCUT2D eigenvalue weighted by Crippen LogP contribution is 2.20. The second-order valence-corrected chi connectivity index (χ2v) is 7.49. The molecule has 2 aromatic rings. The summed E-state index contributed by atoms with van der Waals surface area (Å²) in [7, 11) is 0. The molecule has 0 aliphatic carbocycles. The van der Waals surface area contributed by atoms with Gasteiger partial charge in [0.05, 0.1) is 24.4 Å². The number of rotatable bonds is 7. The maximum Gasteiger partial charge on any atom is 0.257 e. The predicted molar refractivity (Wildman–Crippen MR) is 115 cm³/mol. The van der Waals surface area contributed by atoms with Gasteiger partial charge in [0.1, 0.15) is 5.75 Å². The Kier molecular flexibility index (Phi) is 7.25. The molecule has 1 atom stereocenters. The van der Waals surface area contributed by atoms with Gasteiger partial charge in [-0.1, -0.05) is 19.1 Å². The average molecular weight is 396 g/mol. The number of hydrogen-bond donors (Lipinski definition) is 2. The highest BCUT2D eigenvalue weighted by Gasteiger charge is 2.20. The molecule has 3 rings (SSSR count).